The largest absolute Gasteiger partial charge is 0.333 e. The van der Waals surface area contributed by atoms with Crippen molar-refractivity contribution >= 4 is 29.4 Å². The highest BCUT2D eigenvalue weighted by Gasteiger charge is 2.24. The Bertz CT molecular complexity index is 486. The van der Waals surface area contributed by atoms with E-state index in [-0.39, 0.29) is 11.9 Å². The van der Waals surface area contributed by atoms with Crippen LogP contribution in [0.25, 0.3) is 0 Å². The molecule has 3 rings (SSSR count). The zero-order chi connectivity index (χ0) is 14.7. The molecular formula is C16H22N2OS2. The maximum Gasteiger partial charge on any atom is 0.254 e. The molecule has 5 heteroatoms. The molecule has 0 unspecified atom stereocenters. The molecule has 0 radical (unpaired) electrons. The molecule has 0 spiro atoms. The van der Waals surface area contributed by atoms with Gasteiger partial charge >= 0.3 is 0 Å². The lowest BCUT2D eigenvalue weighted by Gasteiger charge is -2.34. The Balaban J connectivity index is 1.69. The molecule has 1 aromatic carbocycles. The minimum Gasteiger partial charge on any atom is -0.333 e. The number of thioether (sulfide) groups is 2. The number of nitrogens with one attached hydrogen (secondary N) is 1. The number of amides is 1. The van der Waals surface area contributed by atoms with E-state index in [1.54, 1.807) is 0 Å². The Morgan fingerprint density at radius 1 is 1.24 bits per heavy atom. The van der Waals surface area contributed by atoms with Crippen molar-refractivity contribution in [2.75, 3.05) is 31.1 Å². The third kappa shape index (κ3) is 3.58. The fourth-order valence-corrected chi connectivity index (χ4v) is 5.67. The van der Waals surface area contributed by atoms with Gasteiger partial charge in [-0.05, 0) is 42.5 Å². The molecule has 2 fully saturated rings. The van der Waals surface area contributed by atoms with Gasteiger partial charge in [0.05, 0.1) is 4.58 Å². The third-order valence-electron chi connectivity index (χ3n) is 4.02. The highest BCUT2D eigenvalue weighted by atomic mass is 32.2. The molecule has 1 aromatic rings. The minimum absolute atomic E-state index is 0.166. The van der Waals surface area contributed by atoms with E-state index in [0.29, 0.717) is 4.58 Å². The van der Waals surface area contributed by atoms with Gasteiger partial charge in [0.2, 0.25) is 0 Å². The smallest absolute Gasteiger partial charge is 0.254 e. The van der Waals surface area contributed by atoms with E-state index in [1.165, 1.54) is 23.5 Å². The average Bonchev–Trinajstić information content (AvgIpc) is 2.56. The normalized spacial score (nSPS) is 24.0. The molecule has 21 heavy (non-hydrogen) atoms. The van der Waals surface area contributed by atoms with E-state index in [9.17, 15) is 4.79 Å². The number of nitrogens with zero attached hydrogens (tertiary/aromatic N) is 1. The first-order valence-corrected chi connectivity index (χ1v) is 9.70. The number of rotatable bonds is 2. The molecule has 1 atom stereocenters. The fraction of sp³-hybridized carbons (Fsp3) is 0.562. The van der Waals surface area contributed by atoms with Gasteiger partial charge in [-0.15, -0.1) is 23.5 Å². The van der Waals surface area contributed by atoms with Crippen LogP contribution in [0.15, 0.2) is 24.3 Å². The number of carbonyl (C=O) groups excluding carboxylic acids is 1. The summed E-state index contributed by atoms with van der Waals surface area (Å²) in [5.74, 6) is 2.66. The van der Waals surface area contributed by atoms with Gasteiger partial charge < -0.3 is 10.2 Å². The van der Waals surface area contributed by atoms with Crippen LogP contribution in [0.4, 0.5) is 0 Å². The molecule has 2 aliphatic heterocycles. The van der Waals surface area contributed by atoms with Crippen molar-refractivity contribution in [2.24, 2.45) is 0 Å². The Hall–Kier alpha value is -0.650. The Morgan fingerprint density at radius 2 is 1.95 bits per heavy atom. The second-order valence-corrected chi connectivity index (χ2v) is 8.33. The standard InChI is InChI=1S/C16H22N2OS2/c1-12-11-17-7-8-18(12)15(19)13-3-5-14(6-4-13)16-20-9-2-10-21-16/h3-6,12,16-17H,2,7-11H2,1H3/t12-/m0/s1. The summed E-state index contributed by atoms with van der Waals surface area (Å²) in [4.78, 5) is 14.6. The Kier molecular flexibility index (Phi) is 5.14. The highest BCUT2D eigenvalue weighted by Crippen LogP contribution is 2.43. The molecule has 2 heterocycles. The van der Waals surface area contributed by atoms with Crippen LogP contribution in [0.5, 0.6) is 0 Å². The van der Waals surface area contributed by atoms with Gasteiger partial charge in [0.15, 0.2) is 0 Å². The van der Waals surface area contributed by atoms with Crippen molar-refractivity contribution in [3.05, 3.63) is 35.4 Å². The predicted molar refractivity (Wildman–Crippen MR) is 92.1 cm³/mol. The lowest BCUT2D eigenvalue weighted by molar-refractivity contribution is 0.0656. The van der Waals surface area contributed by atoms with Crippen LogP contribution in [0.2, 0.25) is 0 Å². The van der Waals surface area contributed by atoms with Crippen LogP contribution >= 0.6 is 23.5 Å². The molecule has 3 nitrogen and oxygen atoms in total. The van der Waals surface area contributed by atoms with Gasteiger partial charge in [0, 0.05) is 31.2 Å². The topological polar surface area (TPSA) is 32.3 Å². The van der Waals surface area contributed by atoms with Crippen molar-refractivity contribution < 1.29 is 4.79 Å². The maximum atomic E-state index is 12.6. The quantitative estimate of drug-likeness (QED) is 0.907. The van der Waals surface area contributed by atoms with Crippen LogP contribution in [-0.2, 0) is 0 Å². The molecule has 114 valence electrons. The van der Waals surface area contributed by atoms with Crippen LogP contribution in [0, 0.1) is 0 Å². The first-order chi connectivity index (χ1) is 10.3. The lowest BCUT2D eigenvalue weighted by atomic mass is 10.1. The molecule has 0 aromatic heterocycles. The van der Waals surface area contributed by atoms with Crippen LogP contribution < -0.4 is 5.32 Å². The summed E-state index contributed by atoms with van der Waals surface area (Å²) in [5.41, 5.74) is 2.16. The number of carbonyl (C=O) groups is 1. The van der Waals surface area contributed by atoms with Crippen LogP contribution in [0.1, 0.15) is 33.8 Å². The molecule has 0 saturated carbocycles. The summed E-state index contributed by atoms with van der Waals surface area (Å²) in [6.07, 6.45) is 1.31. The third-order valence-corrected chi connectivity index (χ3v) is 7.03. The fourth-order valence-electron chi connectivity index (χ4n) is 2.77. The zero-order valence-corrected chi connectivity index (χ0v) is 14.0. The van der Waals surface area contributed by atoms with Crippen molar-refractivity contribution in [1.82, 2.24) is 10.2 Å². The van der Waals surface area contributed by atoms with Gasteiger partial charge in [0.1, 0.15) is 0 Å². The highest BCUT2D eigenvalue weighted by molar-refractivity contribution is 8.16. The summed E-state index contributed by atoms with van der Waals surface area (Å²) in [7, 11) is 0. The van der Waals surface area contributed by atoms with Crippen molar-refractivity contribution in [3.63, 3.8) is 0 Å². The Labute approximate surface area is 135 Å². The number of hydrogen-bond donors (Lipinski definition) is 1. The van der Waals surface area contributed by atoms with Gasteiger partial charge in [-0.1, -0.05) is 12.1 Å². The van der Waals surface area contributed by atoms with Crippen LogP contribution in [0.3, 0.4) is 0 Å². The van der Waals surface area contributed by atoms with Crippen molar-refractivity contribution in [1.29, 1.82) is 0 Å². The van der Waals surface area contributed by atoms with Crippen LogP contribution in [-0.4, -0.2) is 48.0 Å². The van der Waals surface area contributed by atoms with Gasteiger partial charge in [0.25, 0.3) is 5.91 Å². The maximum absolute atomic E-state index is 12.6. The summed E-state index contributed by atoms with van der Waals surface area (Å²) in [6, 6.07) is 8.55. The monoisotopic (exact) mass is 322 g/mol. The average molecular weight is 322 g/mol. The van der Waals surface area contributed by atoms with Gasteiger partial charge in [-0.3, -0.25) is 4.79 Å². The molecule has 1 amide bonds. The first kappa shape index (κ1) is 15.3. The number of hydrogen-bond acceptors (Lipinski definition) is 4. The second kappa shape index (κ2) is 7.07. The Morgan fingerprint density at radius 3 is 2.62 bits per heavy atom. The van der Waals surface area contributed by atoms with E-state index < -0.39 is 0 Å². The number of piperazine rings is 1. The predicted octanol–water partition coefficient (Wildman–Crippen LogP) is 2.99. The van der Waals surface area contributed by atoms with E-state index in [2.05, 4.69) is 24.4 Å². The summed E-state index contributed by atoms with van der Waals surface area (Å²) >= 11 is 4.04. The summed E-state index contributed by atoms with van der Waals surface area (Å²) < 4.78 is 0.543. The molecule has 1 N–H and O–H groups in total. The molecule has 0 bridgehead atoms. The summed E-state index contributed by atoms with van der Waals surface area (Å²) in [6.45, 7) is 4.69. The molecule has 2 saturated heterocycles. The number of benzene rings is 1. The first-order valence-electron chi connectivity index (χ1n) is 7.60. The van der Waals surface area contributed by atoms with E-state index >= 15 is 0 Å². The van der Waals surface area contributed by atoms with Gasteiger partial charge in [-0.2, -0.15) is 0 Å². The lowest BCUT2D eigenvalue weighted by Crippen LogP contribution is -2.52. The molecule has 2 aliphatic rings. The SMILES string of the molecule is C[C@H]1CNCCN1C(=O)c1ccc(C2SCCCS2)cc1. The van der Waals surface area contributed by atoms with Crippen molar-refractivity contribution in [2.45, 2.75) is 24.0 Å². The minimum atomic E-state index is 0.166. The summed E-state index contributed by atoms with van der Waals surface area (Å²) in [5, 5.41) is 3.32. The molecule has 0 aliphatic carbocycles. The van der Waals surface area contributed by atoms with E-state index in [0.717, 1.165) is 25.2 Å². The van der Waals surface area contributed by atoms with E-state index in [1.807, 2.05) is 40.6 Å². The van der Waals surface area contributed by atoms with E-state index in [4.69, 9.17) is 0 Å². The second-order valence-electron chi connectivity index (χ2n) is 5.60. The van der Waals surface area contributed by atoms with Crippen molar-refractivity contribution in [3.8, 4) is 0 Å². The molecular weight excluding hydrogens is 300 g/mol. The zero-order valence-electron chi connectivity index (χ0n) is 12.4. The van der Waals surface area contributed by atoms with Gasteiger partial charge in [-0.25, -0.2) is 0 Å².